The zero-order valence-electron chi connectivity index (χ0n) is 21.8. The third kappa shape index (κ3) is 7.74. The monoisotopic (exact) mass is 596 g/mol. The van der Waals surface area contributed by atoms with Crippen molar-refractivity contribution in [3.8, 4) is 0 Å². The first-order chi connectivity index (χ1) is 18.5. The number of hydrogen-bond donors (Lipinski definition) is 3. The Morgan fingerprint density at radius 1 is 0.795 bits per heavy atom. The molecular formula is C22H32N2O13S2. The molecule has 17 heteroatoms. The van der Waals surface area contributed by atoms with E-state index >= 15 is 0 Å². The Kier molecular flexibility index (Phi) is 11.2. The van der Waals surface area contributed by atoms with Crippen molar-refractivity contribution < 1.29 is 62.9 Å². The maximum absolute atomic E-state index is 11.5. The highest BCUT2D eigenvalue weighted by Gasteiger charge is 2.53. The van der Waals surface area contributed by atoms with Gasteiger partial charge in [-0.15, -0.1) is 0 Å². The van der Waals surface area contributed by atoms with Crippen molar-refractivity contribution in [2.45, 2.75) is 80.4 Å². The van der Waals surface area contributed by atoms with Crippen molar-refractivity contribution in [3.05, 3.63) is 0 Å². The molecular weight excluding hydrogens is 564 g/mol. The van der Waals surface area contributed by atoms with Gasteiger partial charge in [-0.25, -0.2) is 9.98 Å². The van der Waals surface area contributed by atoms with Gasteiger partial charge in [0.15, 0.2) is 12.2 Å². The molecule has 220 valence electrons. The second kappa shape index (κ2) is 14.0. The third-order valence-corrected chi connectivity index (χ3v) is 8.00. The van der Waals surface area contributed by atoms with Gasteiger partial charge in [-0.3, -0.25) is 14.4 Å². The van der Waals surface area contributed by atoms with E-state index in [4.69, 9.17) is 38.3 Å². The molecule has 4 aliphatic rings. The molecule has 15 nitrogen and oxygen atoms in total. The Bertz CT molecular complexity index is 966. The lowest BCUT2D eigenvalue weighted by molar-refractivity contribution is -0.208. The topological polar surface area (TPSA) is 201 Å². The molecule has 0 aromatic heterocycles. The number of nitrogens with zero attached hydrogens (tertiary/aromatic N) is 2. The molecule has 0 unspecified atom stereocenters. The van der Waals surface area contributed by atoms with Crippen molar-refractivity contribution in [1.82, 2.24) is 0 Å². The molecule has 4 aliphatic heterocycles. The summed E-state index contributed by atoms with van der Waals surface area (Å²) in [6, 6.07) is -1.12. The first-order valence-corrected chi connectivity index (χ1v) is 13.6. The van der Waals surface area contributed by atoms with Crippen molar-refractivity contribution in [2.24, 2.45) is 9.98 Å². The van der Waals surface area contributed by atoms with Gasteiger partial charge in [0.25, 0.3) is 0 Å². The average Bonchev–Trinajstić information content (AvgIpc) is 3.50. The van der Waals surface area contributed by atoms with E-state index in [0.29, 0.717) is 10.5 Å². The quantitative estimate of drug-likeness (QED) is 0.252. The predicted molar refractivity (Wildman–Crippen MR) is 136 cm³/mol. The molecule has 0 spiro atoms. The van der Waals surface area contributed by atoms with Crippen LogP contribution in [-0.2, 0) is 47.5 Å². The van der Waals surface area contributed by atoms with Gasteiger partial charge in [-0.1, -0.05) is 0 Å². The third-order valence-electron chi connectivity index (χ3n) is 5.81. The largest absolute Gasteiger partial charge is 0.476 e. The molecule has 0 saturated carbocycles. The second-order valence-electron chi connectivity index (χ2n) is 8.62. The summed E-state index contributed by atoms with van der Waals surface area (Å²) in [5.74, 6) is -1.62. The molecule has 0 aromatic rings. The molecule has 4 rings (SSSR count). The molecule has 2 saturated heterocycles. The highest BCUT2D eigenvalue weighted by atomic mass is 32.2. The van der Waals surface area contributed by atoms with E-state index < -0.39 is 77.5 Å². The molecule has 10 atom stereocenters. The van der Waals surface area contributed by atoms with Crippen LogP contribution in [0.5, 0.6) is 0 Å². The first-order valence-electron chi connectivity index (χ1n) is 11.8. The van der Waals surface area contributed by atoms with Crippen molar-refractivity contribution in [3.63, 3.8) is 0 Å². The molecule has 3 N–H and O–H groups in total. The van der Waals surface area contributed by atoms with Crippen LogP contribution in [0.1, 0.15) is 20.8 Å². The first kappa shape index (κ1) is 31.4. The predicted octanol–water partition coefficient (Wildman–Crippen LogP) is -1.20. The van der Waals surface area contributed by atoms with Gasteiger partial charge >= 0.3 is 17.9 Å². The molecule has 0 amide bonds. The van der Waals surface area contributed by atoms with E-state index in [9.17, 15) is 24.6 Å². The number of fused-ring (bicyclic) bond motifs is 2. The fourth-order valence-electron chi connectivity index (χ4n) is 4.13. The molecule has 39 heavy (non-hydrogen) atoms. The summed E-state index contributed by atoms with van der Waals surface area (Å²) >= 11 is 2.46. The summed E-state index contributed by atoms with van der Waals surface area (Å²) in [4.78, 5) is 42.4. The fourth-order valence-corrected chi connectivity index (χ4v) is 6.19. The van der Waals surface area contributed by atoms with Crippen LogP contribution < -0.4 is 0 Å². The molecule has 0 radical (unpaired) electrons. The van der Waals surface area contributed by atoms with E-state index in [-0.39, 0.29) is 13.2 Å². The van der Waals surface area contributed by atoms with Crippen molar-refractivity contribution in [2.75, 3.05) is 27.4 Å². The van der Waals surface area contributed by atoms with Crippen LogP contribution in [0.3, 0.4) is 0 Å². The van der Waals surface area contributed by atoms with Gasteiger partial charge in [0.1, 0.15) is 54.0 Å². The molecule has 0 aliphatic carbocycles. The lowest BCUT2D eigenvalue weighted by Gasteiger charge is -2.41. The Hall–Kier alpha value is -2.15. The number of aliphatic hydroxyl groups is 3. The molecule has 0 aromatic carbocycles. The number of esters is 3. The van der Waals surface area contributed by atoms with Crippen molar-refractivity contribution >= 4 is 51.9 Å². The standard InChI is InChI=1S/C14H19NO8S.C8H13NO5S/c1-6(16)20-5-9-11(21-7(2)17)12(22-8(3)18)10-13(23-9)24-14(15-10)19-4;1-13-8-9-4-6(12)5(11)3(2-10)14-7(4)15-8/h9-13H,5H2,1-4H3;3-7,10-12H,2H2,1H3/t9-,10-,11-,12-,13-;3-,4-,5-,6-,7-/m11/s1. The highest BCUT2D eigenvalue weighted by Crippen LogP contribution is 2.39. The van der Waals surface area contributed by atoms with Crippen LogP contribution in [-0.4, -0.2) is 131 Å². The van der Waals surface area contributed by atoms with E-state index in [1.165, 1.54) is 58.5 Å². The van der Waals surface area contributed by atoms with Crippen LogP contribution in [0.15, 0.2) is 9.98 Å². The number of aliphatic imine (C=N–C) groups is 2. The zero-order valence-corrected chi connectivity index (χ0v) is 23.5. The summed E-state index contributed by atoms with van der Waals surface area (Å²) in [6.07, 6.45) is -5.52. The Labute approximate surface area is 232 Å². The Balaban J connectivity index is 0.000000239. The van der Waals surface area contributed by atoms with Gasteiger partial charge in [-0.2, -0.15) is 0 Å². The van der Waals surface area contributed by atoms with Gasteiger partial charge in [-0.05, 0) is 23.5 Å². The van der Waals surface area contributed by atoms with Crippen LogP contribution in [0.25, 0.3) is 0 Å². The summed E-state index contributed by atoms with van der Waals surface area (Å²) in [7, 11) is 2.94. The summed E-state index contributed by atoms with van der Waals surface area (Å²) < 4.78 is 36.8. The fraction of sp³-hybridized carbons (Fsp3) is 0.773. The molecule has 0 bridgehead atoms. The number of rotatable bonds is 5. The second-order valence-corrected chi connectivity index (χ2v) is 10.7. The zero-order chi connectivity index (χ0) is 28.9. The maximum atomic E-state index is 11.5. The van der Waals surface area contributed by atoms with Crippen LogP contribution >= 0.6 is 23.5 Å². The maximum Gasteiger partial charge on any atom is 0.303 e. The number of hydrogen-bond acceptors (Lipinski definition) is 17. The average molecular weight is 597 g/mol. The SMILES string of the molecule is COC1=N[C@@H]2[C@@H](O)[C@H](O)[C@@H](CO)O[C@@H]2S1.COC1=N[C@@H]2[C@@H](OC(C)=O)[C@H](OC(C)=O)[C@@H](COC(C)=O)O[C@@H]2S1. The van der Waals surface area contributed by atoms with Crippen LogP contribution in [0.4, 0.5) is 0 Å². The number of thioether (sulfide) groups is 2. The lowest BCUT2D eigenvalue weighted by Crippen LogP contribution is -2.59. The minimum atomic E-state index is -1.11. The minimum absolute atomic E-state index is 0.142. The van der Waals surface area contributed by atoms with Crippen LogP contribution in [0, 0.1) is 0 Å². The van der Waals surface area contributed by atoms with Gasteiger partial charge in [0, 0.05) is 20.8 Å². The van der Waals surface area contributed by atoms with E-state index in [1.807, 2.05) is 0 Å². The Morgan fingerprint density at radius 2 is 1.31 bits per heavy atom. The number of carbonyl (C=O) groups is 3. The summed E-state index contributed by atoms with van der Waals surface area (Å²) in [6.45, 7) is 3.26. The molecule has 4 heterocycles. The minimum Gasteiger partial charge on any atom is -0.476 e. The highest BCUT2D eigenvalue weighted by molar-refractivity contribution is 8.14. The lowest BCUT2D eigenvalue weighted by atomic mass is 9.98. The normalized spacial score (nSPS) is 36.6. The number of carbonyl (C=O) groups excluding carboxylic acids is 3. The number of aliphatic hydroxyl groups excluding tert-OH is 3. The summed E-state index contributed by atoms with van der Waals surface area (Å²) in [5.41, 5.74) is -0.896. The van der Waals surface area contributed by atoms with E-state index in [0.717, 1.165) is 0 Å². The van der Waals surface area contributed by atoms with Crippen molar-refractivity contribution in [1.29, 1.82) is 0 Å². The smallest absolute Gasteiger partial charge is 0.303 e. The number of ether oxygens (including phenoxy) is 7. The van der Waals surface area contributed by atoms with E-state index in [2.05, 4.69) is 9.98 Å². The molecule has 2 fully saturated rings. The van der Waals surface area contributed by atoms with E-state index in [1.54, 1.807) is 0 Å². The number of methoxy groups -OCH3 is 2. The van der Waals surface area contributed by atoms with Gasteiger partial charge < -0.3 is 48.5 Å². The van der Waals surface area contributed by atoms with Crippen LogP contribution in [0.2, 0.25) is 0 Å². The summed E-state index contributed by atoms with van der Waals surface area (Å²) in [5, 5.41) is 29.1. The van der Waals surface area contributed by atoms with Gasteiger partial charge in [0.2, 0.25) is 10.5 Å². The van der Waals surface area contributed by atoms with Gasteiger partial charge in [0.05, 0.1) is 20.8 Å². The Morgan fingerprint density at radius 3 is 1.82 bits per heavy atom.